The standard InChI is InChI=1S/C29H36O3/c1-24(2)18-29(19-27-16-10-5-11-17-28(27)30,22-31-20-25-12-6-3-7-13-25)23-32-21-26-14-8-4-9-15-26/h3-4,6-10,12-16,27H,1,5,11,17-23H2,2H3. The van der Waals surface area contributed by atoms with E-state index in [-0.39, 0.29) is 11.3 Å². The quantitative estimate of drug-likeness (QED) is 0.351. The fourth-order valence-electron chi connectivity index (χ4n) is 4.49. The molecule has 0 aliphatic heterocycles. The van der Waals surface area contributed by atoms with Crippen LogP contribution >= 0.6 is 0 Å². The van der Waals surface area contributed by atoms with Crippen LogP contribution in [0.2, 0.25) is 0 Å². The molecule has 2 aromatic carbocycles. The van der Waals surface area contributed by atoms with Gasteiger partial charge in [-0.25, -0.2) is 0 Å². The smallest absolute Gasteiger partial charge is 0.139 e. The topological polar surface area (TPSA) is 35.5 Å². The maximum atomic E-state index is 12.8. The number of ketones is 1. The van der Waals surface area contributed by atoms with Crippen LogP contribution in [0, 0.1) is 11.3 Å². The summed E-state index contributed by atoms with van der Waals surface area (Å²) in [5, 5.41) is 0. The van der Waals surface area contributed by atoms with Crippen LogP contribution in [0.3, 0.4) is 0 Å². The van der Waals surface area contributed by atoms with Crippen molar-refractivity contribution < 1.29 is 14.3 Å². The maximum Gasteiger partial charge on any atom is 0.139 e. The minimum atomic E-state index is -0.301. The molecule has 0 N–H and O–H groups in total. The van der Waals surface area contributed by atoms with Crippen molar-refractivity contribution in [2.45, 2.75) is 52.2 Å². The van der Waals surface area contributed by atoms with Crippen molar-refractivity contribution in [3.63, 3.8) is 0 Å². The average molecular weight is 433 g/mol. The van der Waals surface area contributed by atoms with Gasteiger partial charge in [-0.15, -0.1) is 6.58 Å². The first-order valence-corrected chi connectivity index (χ1v) is 11.6. The Hall–Kier alpha value is -2.49. The third-order valence-electron chi connectivity index (χ3n) is 5.95. The lowest BCUT2D eigenvalue weighted by molar-refractivity contribution is -0.123. The van der Waals surface area contributed by atoms with E-state index >= 15 is 0 Å². The summed E-state index contributed by atoms with van der Waals surface area (Å²) in [5.74, 6) is 0.244. The lowest BCUT2D eigenvalue weighted by Crippen LogP contribution is -2.36. The first kappa shape index (κ1) is 24.2. The zero-order chi connectivity index (χ0) is 22.7. The van der Waals surface area contributed by atoms with Crippen LogP contribution in [0.5, 0.6) is 0 Å². The predicted molar refractivity (Wildman–Crippen MR) is 130 cm³/mol. The second kappa shape index (κ2) is 12.5. The molecule has 170 valence electrons. The largest absolute Gasteiger partial charge is 0.376 e. The van der Waals surface area contributed by atoms with Gasteiger partial charge in [-0.2, -0.15) is 0 Å². The van der Waals surface area contributed by atoms with Crippen molar-refractivity contribution in [3.8, 4) is 0 Å². The Balaban J connectivity index is 1.75. The number of Topliss-reactive ketones (excluding diaryl/α,β-unsaturated/α-hetero) is 1. The van der Waals surface area contributed by atoms with E-state index in [4.69, 9.17) is 9.47 Å². The van der Waals surface area contributed by atoms with Gasteiger partial charge in [0, 0.05) is 17.8 Å². The molecule has 0 saturated heterocycles. The van der Waals surface area contributed by atoms with E-state index in [0.29, 0.717) is 38.6 Å². The lowest BCUT2D eigenvalue weighted by Gasteiger charge is -2.36. The Morgan fingerprint density at radius 3 is 2.06 bits per heavy atom. The van der Waals surface area contributed by atoms with Gasteiger partial charge < -0.3 is 9.47 Å². The minimum absolute atomic E-state index is 0.0856. The lowest BCUT2D eigenvalue weighted by atomic mass is 9.74. The number of carbonyl (C=O) groups excluding carboxylic acids is 1. The van der Waals surface area contributed by atoms with E-state index < -0.39 is 0 Å². The average Bonchev–Trinajstić information content (AvgIpc) is 2.99. The fraction of sp³-hybridized carbons (Fsp3) is 0.414. The fourth-order valence-corrected chi connectivity index (χ4v) is 4.49. The van der Waals surface area contributed by atoms with Crippen molar-refractivity contribution >= 4 is 5.78 Å². The number of allylic oxidation sites excluding steroid dienone is 3. The molecule has 0 saturated carbocycles. The van der Waals surface area contributed by atoms with Gasteiger partial charge in [-0.1, -0.05) is 78.4 Å². The van der Waals surface area contributed by atoms with Crippen LogP contribution in [-0.2, 0) is 27.5 Å². The molecule has 0 bridgehead atoms. The first-order valence-electron chi connectivity index (χ1n) is 11.6. The molecule has 2 aromatic rings. The third-order valence-corrected chi connectivity index (χ3v) is 5.95. The van der Waals surface area contributed by atoms with Gasteiger partial charge in [0.2, 0.25) is 0 Å². The monoisotopic (exact) mass is 432 g/mol. The van der Waals surface area contributed by atoms with Crippen molar-refractivity contribution in [2.24, 2.45) is 11.3 Å². The molecule has 0 radical (unpaired) electrons. The summed E-state index contributed by atoms with van der Waals surface area (Å²) < 4.78 is 12.5. The summed E-state index contributed by atoms with van der Waals surface area (Å²) in [5.41, 5.74) is 3.08. The minimum Gasteiger partial charge on any atom is -0.376 e. The summed E-state index contributed by atoms with van der Waals surface area (Å²) in [6, 6.07) is 20.4. The van der Waals surface area contributed by atoms with Crippen molar-refractivity contribution in [1.82, 2.24) is 0 Å². The van der Waals surface area contributed by atoms with Crippen LogP contribution in [0.1, 0.15) is 50.2 Å². The molecule has 3 heteroatoms. The number of carbonyl (C=O) groups is 1. The summed E-state index contributed by atoms with van der Waals surface area (Å²) in [6.07, 6.45) is 8.33. The highest BCUT2D eigenvalue weighted by Crippen LogP contribution is 2.37. The van der Waals surface area contributed by atoms with Crippen LogP contribution in [0.15, 0.2) is 85.0 Å². The number of benzene rings is 2. The molecular weight excluding hydrogens is 396 g/mol. The number of hydrogen-bond donors (Lipinski definition) is 0. The van der Waals surface area contributed by atoms with Crippen molar-refractivity contribution in [3.05, 3.63) is 96.1 Å². The maximum absolute atomic E-state index is 12.8. The molecule has 3 rings (SSSR count). The predicted octanol–water partition coefficient (Wildman–Crippen LogP) is 6.69. The van der Waals surface area contributed by atoms with E-state index in [2.05, 4.69) is 43.0 Å². The zero-order valence-corrected chi connectivity index (χ0v) is 19.3. The molecule has 0 fully saturated rings. The van der Waals surface area contributed by atoms with Crippen molar-refractivity contribution in [1.29, 1.82) is 0 Å². The van der Waals surface area contributed by atoms with Gasteiger partial charge >= 0.3 is 0 Å². The Labute approximate surface area is 193 Å². The summed E-state index contributed by atoms with van der Waals surface area (Å²) in [7, 11) is 0. The molecular formula is C29H36O3. The van der Waals surface area contributed by atoms with E-state index in [1.54, 1.807) is 0 Å². The Morgan fingerprint density at radius 2 is 1.53 bits per heavy atom. The van der Waals surface area contributed by atoms with Gasteiger partial charge in [0.05, 0.1) is 26.4 Å². The number of ether oxygens (including phenoxy) is 2. The van der Waals surface area contributed by atoms with Gasteiger partial charge in [0.25, 0.3) is 0 Å². The Morgan fingerprint density at radius 1 is 0.969 bits per heavy atom. The Kier molecular flexibility index (Phi) is 9.45. The molecule has 3 nitrogen and oxygen atoms in total. The third kappa shape index (κ3) is 7.89. The number of hydrogen-bond acceptors (Lipinski definition) is 3. The number of rotatable bonds is 12. The van der Waals surface area contributed by atoms with Crippen molar-refractivity contribution in [2.75, 3.05) is 13.2 Å². The Bertz CT molecular complexity index is 824. The molecule has 1 aliphatic carbocycles. The SMILES string of the molecule is C=C(C)CC(COCc1ccccc1)(COCc1ccccc1)CC1C=CCCCC1=O. The molecule has 0 spiro atoms. The van der Waals surface area contributed by atoms with Crippen LogP contribution in [0.4, 0.5) is 0 Å². The highest BCUT2D eigenvalue weighted by molar-refractivity contribution is 5.83. The molecule has 1 unspecified atom stereocenters. The van der Waals surface area contributed by atoms with Crippen LogP contribution < -0.4 is 0 Å². The highest BCUT2D eigenvalue weighted by Gasteiger charge is 2.36. The van der Waals surface area contributed by atoms with Gasteiger partial charge in [0.15, 0.2) is 0 Å². The molecule has 1 atom stereocenters. The summed E-state index contributed by atoms with van der Waals surface area (Å²) in [6.45, 7) is 8.39. The van der Waals surface area contributed by atoms with Crippen LogP contribution in [-0.4, -0.2) is 19.0 Å². The van der Waals surface area contributed by atoms with E-state index in [1.807, 2.05) is 43.3 Å². The van der Waals surface area contributed by atoms with Crippen LogP contribution in [0.25, 0.3) is 0 Å². The summed E-state index contributed by atoms with van der Waals surface area (Å²) in [4.78, 5) is 12.8. The van der Waals surface area contributed by atoms with Gasteiger partial charge in [0.1, 0.15) is 5.78 Å². The molecule has 0 amide bonds. The van der Waals surface area contributed by atoms with E-state index in [0.717, 1.165) is 42.4 Å². The highest BCUT2D eigenvalue weighted by atomic mass is 16.5. The van der Waals surface area contributed by atoms with Gasteiger partial charge in [-0.05, 0) is 43.7 Å². The van der Waals surface area contributed by atoms with E-state index in [9.17, 15) is 4.79 Å². The normalized spacial score (nSPS) is 16.7. The molecule has 32 heavy (non-hydrogen) atoms. The summed E-state index contributed by atoms with van der Waals surface area (Å²) >= 11 is 0. The molecule has 0 heterocycles. The molecule has 1 aliphatic rings. The first-order chi connectivity index (χ1) is 15.6. The second-order valence-electron chi connectivity index (χ2n) is 9.19. The molecule has 0 aromatic heterocycles. The van der Waals surface area contributed by atoms with E-state index in [1.165, 1.54) is 0 Å². The second-order valence-corrected chi connectivity index (χ2v) is 9.19. The van der Waals surface area contributed by atoms with Gasteiger partial charge in [-0.3, -0.25) is 4.79 Å². The zero-order valence-electron chi connectivity index (χ0n) is 19.3.